The van der Waals surface area contributed by atoms with Crippen molar-refractivity contribution in [2.24, 2.45) is 0 Å². The third-order valence-corrected chi connectivity index (χ3v) is 3.77. The van der Waals surface area contributed by atoms with Crippen LogP contribution in [-0.2, 0) is 4.79 Å². The van der Waals surface area contributed by atoms with Crippen LogP contribution in [0.3, 0.4) is 0 Å². The number of hydrogen-bond acceptors (Lipinski definition) is 3. The predicted molar refractivity (Wildman–Crippen MR) is 77.0 cm³/mol. The Bertz CT molecular complexity index is 471. The van der Waals surface area contributed by atoms with E-state index < -0.39 is 0 Å². The number of amides is 1. The first kappa shape index (κ1) is 14.2. The van der Waals surface area contributed by atoms with Crippen molar-refractivity contribution in [2.45, 2.75) is 32.2 Å². The Kier molecular flexibility index (Phi) is 4.66. The summed E-state index contributed by atoms with van der Waals surface area (Å²) in [4.78, 5) is 12.2. The van der Waals surface area contributed by atoms with Crippen LogP contribution in [-0.4, -0.2) is 25.6 Å². The van der Waals surface area contributed by atoms with Gasteiger partial charge < -0.3 is 15.4 Å². The Morgan fingerprint density at radius 3 is 2.89 bits per heavy atom. The van der Waals surface area contributed by atoms with Crippen LogP contribution in [0.25, 0.3) is 0 Å². The maximum Gasteiger partial charge on any atom is 0.241 e. The van der Waals surface area contributed by atoms with Crippen LogP contribution in [0.4, 0.5) is 5.69 Å². The van der Waals surface area contributed by atoms with E-state index in [4.69, 9.17) is 16.3 Å². The zero-order chi connectivity index (χ0) is 13.8. The van der Waals surface area contributed by atoms with E-state index in [1.54, 1.807) is 13.2 Å². The molecule has 1 aromatic rings. The van der Waals surface area contributed by atoms with E-state index >= 15 is 0 Å². The second-order valence-electron chi connectivity index (χ2n) is 4.79. The maximum absolute atomic E-state index is 12.2. The Morgan fingerprint density at radius 1 is 1.47 bits per heavy atom. The average molecular weight is 283 g/mol. The van der Waals surface area contributed by atoms with Crippen molar-refractivity contribution in [3.8, 4) is 5.75 Å². The lowest BCUT2D eigenvalue weighted by atomic mass is 10.0. The van der Waals surface area contributed by atoms with Crippen molar-refractivity contribution in [3.63, 3.8) is 0 Å². The first-order valence-corrected chi connectivity index (χ1v) is 6.88. The number of nitrogens with one attached hydrogen (secondary N) is 2. The Morgan fingerprint density at radius 2 is 2.26 bits per heavy atom. The second-order valence-corrected chi connectivity index (χ2v) is 5.20. The number of rotatable bonds is 3. The Labute approximate surface area is 118 Å². The molecule has 1 atom stereocenters. The van der Waals surface area contributed by atoms with Crippen molar-refractivity contribution in [1.29, 1.82) is 0 Å². The number of benzene rings is 1. The van der Waals surface area contributed by atoms with E-state index in [-0.39, 0.29) is 11.9 Å². The summed E-state index contributed by atoms with van der Waals surface area (Å²) in [5, 5.41) is 6.77. The van der Waals surface area contributed by atoms with Gasteiger partial charge in [-0.15, -0.1) is 0 Å². The molecule has 4 nitrogen and oxygen atoms in total. The standard InChI is InChI=1S/C14H19ClN2O2/c1-9-7-12(13(19-2)8-10(9)15)17-14(18)11-5-3-4-6-16-11/h7-8,11,16H,3-6H2,1-2H3,(H,17,18)/t11-/m1/s1. The van der Waals surface area contributed by atoms with Gasteiger partial charge in [0, 0.05) is 11.1 Å². The van der Waals surface area contributed by atoms with Gasteiger partial charge in [0.15, 0.2) is 0 Å². The number of ether oxygens (including phenoxy) is 1. The predicted octanol–water partition coefficient (Wildman–Crippen LogP) is 2.74. The summed E-state index contributed by atoms with van der Waals surface area (Å²) in [5.41, 5.74) is 1.58. The van der Waals surface area contributed by atoms with Gasteiger partial charge in [-0.25, -0.2) is 0 Å². The average Bonchev–Trinajstić information content (AvgIpc) is 2.43. The number of hydrogen-bond donors (Lipinski definition) is 2. The minimum atomic E-state index is -0.116. The van der Waals surface area contributed by atoms with Crippen LogP contribution in [0.2, 0.25) is 5.02 Å². The molecule has 2 rings (SSSR count). The summed E-state index contributed by atoms with van der Waals surface area (Å²) in [6, 6.07) is 3.44. The summed E-state index contributed by atoms with van der Waals surface area (Å²) in [6.07, 6.45) is 3.09. The Hall–Kier alpha value is -1.26. The minimum Gasteiger partial charge on any atom is -0.495 e. The van der Waals surface area contributed by atoms with Gasteiger partial charge in [0.05, 0.1) is 18.8 Å². The summed E-state index contributed by atoms with van der Waals surface area (Å²) < 4.78 is 5.25. The largest absolute Gasteiger partial charge is 0.495 e. The Balaban J connectivity index is 2.13. The van der Waals surface area contributed by atoms with Crippen molar-refractivity contribution < 1.29 is 9.53 Å². The van der Waals surface area contributed by atoms with Gasteiger partial charge in [0.2, 0.25) is 5.91 Å². The third kappa shape index (κ3) is 3.39. The highest BCUT2D eigenvalue weighted by Gasteiger charge is 2.21. The van der Waals surface area contributed by atoms with E-state index in [0.717, 1.165) is 31.4 Å². The molecule has 0 saturated carbocycles. The van der Waals surface area contributed by atoms with Crippen LogP contribution in [0, 0.1) is 6.92 Å². The number of methoxy groups -OCH3 is 1. The van der Waals surface area contributed by atoms with Crippen LogP contribution in [0.1, 0.15) is 24.8 Å². The smallest absolute Gasteiger partial charge is 0.241 e. The maximum atomic E-state index is 12.2. The molecule has 2 N–H and O–H groups in total. The fraction of sp³-hybridized carbons (Fsp3) is 0.500. The number of piperidine rings is 1. The van der Waals surface area contributed by atoms with Gasteiger partial charge in [-0.1, -0.05) is 18.0 Å². The van der Waals surface area contributed by atoms with Crippen molar-refractivity contribution >= 4 is 23.2 Å². The molecule has 1 aromatic carbocycles. The molecule has 104 valence electrons. The van der Waals surface area contributed by atoms with Gasteiger partial charge in [-0.2, -0.15) is 0 Å². The highest BCUT2D eigenvalue weighted by Crippen LogP contribution is 2.31. The van der Waals surface area contributed by atoms with Crippen LogP contribution < -0.4 is 15.4 Å². The molecule has 1 aliphatic heterocycles. The molecule has 0 unspecified atom stereocenters. The van der Waals surface area contributed by atoms with E-state index in [2.05, 4.69) is 10.6 Å². The highest BCUT2D eigenvalue weighted by atomic mass is 35.5. The van der Waals surface area contributed by atoms with E-state index in [0.29, 0.717) is 16.5 Å². The van der Waals surface area contributed by atoms with Crippen molar-refractivity contribution in [3.05, 3.63) is 22.7 Å². The molecule has 1 aliphatic rings. The fourth-order valence-electron chi connectivity index (χ4n) is 2.23. The molecule has 0 spiro atoms. The second kappa shape index (κ2) is 6.26. The molecule has 0 bridgehead atoms. The normalized spacial score (nSPS) is 19.0. The van der Waals surface area contributed by atoms with Gasteiger partial charge >= 0.3 is 0 Å². The third-order valence-electron chi connectivity index (χ3n) is 3.37. The number of halogens is 1. The van der Waals surface area contributed by atoms with Crippen molar-refractivity contribution in [2.75, 3.05) is 19.0 Å². The lowest BCUT2D eigenvalue weighted by molar-refractivity contribution is -0.118. The van der Waals surface area contributed by atoms with Crippen LogP contribution in [0.5, 0.6) is 5.75 Å². The van der Waals surface area contributed by atoms with Crippen molar-refractivity contribution in [1.82, 2.24) is 5.32 Å². The first-order valence-electron chi connectivity index (χ1n) is 6.50. The molecule has 1 heterocycles. The molecule has 0 radical (unpaired) electrons. The van der Waals surface area contributed by atoms with Gasteiger partial charge in [0.25, 0.3) is 0 Å². The fourth-order valence-corrected chi connectivity index (χ4v) is 2.38. The summed E-state index contributed by atoms with van der Waals surface area (Å²) in [6.45, 7) is 2.80. The van der Waals surface area contributed by atoms with E-state index in [9.17, 15) is 4.79 Å². The molecule has 5 heteroatoms. The number of anilines is 1. The lowest BCUT2D eigenvalue weighted by Gasteiger charge is -2.23. The van der Waals surface area contributed by atoms with Gasteiger partial charge in [0.1, 0.15) is 5.75 Å². The summed E-state index contributed by atoms with van der Waals surface area (Å²) >= 11 is 6.04. The number of carbonyl (C=O) groups is 1. The summed E-state index contributed by atoms with van der Waals surface area (Å²) in [5.74, 6) is 0.569. The quantitative estimate of drug-likeness (QED) is 0.896. The van der Waals surface area contributed by atoms with Crippen LogP contribution in [0.15, 0.2) is 12.1 Å². The summed E-state index contributed by atoms with van der Waals surface area (Å²) in [7, 11) is 1.56. The zero-order valence-corrected chi connectivity index (χ0v) is 12.0. The SMILES string of the molecule is COc1cc(Cl)c(C)cc1NC(=O)[C@H]1CCCCN1. The molecule has 0 aliphatic carbocycles. The molecule has 19 heavy (non-hydrogen) atoms. The highest BCUT2D eigenvalue weighted by molar-refractivity contribution is 6.31. The number of aryl methyl sites for hydroxylation is 1. The first-order chi connectivity index (χ1) is 9.11. The monoisotopic (exact) mass is 282 g/mol. The molecular weight excluding hydrogens is 264 g/mol. The molecular formula is C14H19ClN2O2. The topological polar surface area (TPSA) is 50.4 Å². The molecule has 1 fully saturated rings. The molecule has 0 aromatic heterocycles. The van der Waals surface area contributed by atoms with Gasteiger partial charge in [-0.05, 0) is 37.9 Å². The number of carbonyl (C=O) groups excluding carboxylic acids is 1. The van der Waals surface area contributed by atoms with E-state index in [1.165, 1.54) is 0 Å². The molecule has 1 amide bonds. The minimum absolute atomic E-state index is 0.0141. The lowest BCUT2D eigenvalue weighted by Crippen LogP contribution is -2.43. The van der Waals surface area contributed by atoms with Crippen LogP contribution >= 0.6 is 11.6 Å². The van der Waals surface area contributed by atoms with Gasteiger partial charge in [-0.3, -0.25) is 4.79 Å². The zero-order valence-electron chi connectivity index (χ0n) is 11.3. The van der Waals surface area contributed by atoms with E-state index in [1.807, 2.05) is 13.0 Å². The molecule has 1 saturated heterocycles.